The largest absolute Gasteiger partial charge is 0.492 e. The number of para-hydroxylation sites is 1. The quantitative estimate of drug-likeness (QED) is 0.486. The van der Waals surface area contributed by atoms with Crippen molar-refractivity contribution >= 4 is 31.6 Å². The summed E-state index contributed by atoms with van der Waals surface area (Å²) in [5.41, 5.74) is -0.215. The number of rotatable bonds is 10. The van der Waals surface area contributed by atoms with E-state index in [9.17, 15) is 26.0 Å². The summed E-state index contributed by atoms with van der Waals surface area (Å²) in [6.45, 7) is 2.53. The van der Waals surface area contributed by atoms with Crippen molar-refractivity contribution in [2.45, 2.75) is 30.7 Å². The van der Waals surface area contributed by atoms with Crippen LogP contribution < -0.4 is 14.4 Å². The number of benzene rings is 2. The number of carbonyl (C=O) groups excluding carboxylic acids is 1. The molecule has 9 nitrogen and oxygen atoms in total. The van der Waals surface area contributed by atoms with Gasteiger partial charge in [-0.1, -0.05) is 12.1 Å². The molecule has 2 aromatic rings. The normalized spacial score (nSPS) is 15.6. The molecule has 1 N–H and O–H groups in total. The second-order valence-electron chi connectivity index (χ2n) is 7.91. The van der Waals surface area contributed by atoms with Crippen molar-refractivity contribution in [1.82, 2.24) is 9.62 Å². The first-order valence-electron chi connectivity index (χ1n) is 10.8. The molecule has 1 atom stereocenters. The lowest BCUT2D eigenvalue weighted by molar-refractivity contribution is -0.121. The number of nitrogens with zero attached hydrogens (tertiary/aromatic N) is 2. The van der Waals surface area contributed by atoms with Crippen molar-refractivity contribution in [2.75, 3.05) is 36.8 Å². The van der Waals surface area contributed by atoms with Crippen molar-refractivity contribution < 1.29 is 30.8 Å². The zero-order chi connectivity index (χ0) is 24.9. The number of sulfonamides is 2. The van der Waals surface area contributed by atoms with Gasteiger partial charge >= 0.3 is 0 Å². The third-order valence-corrected chi connectivity index (χ3v) is 8.52. The minimum absolute atomic E-state index is 0.0614. The van der Waals surface area contributed by atoms with Crippen molar-refractivity contribution in [1.29, 1.82) is 0 Å². The van der Waals surface area contributed by atoms with Gasteiger partial charge in [0.25, 0.3) is 0 Å². The first-order chi connectivity index (χ1) is 16.0. The molecule has 186 valence electrons. The standard InChI is InChI=1S/C22H28FN3O6S2/c1-17(26(33(2,28)29)21-8-4-3-7-20(21)23)22(27)24-13-16-32-18-9-11-19(12-10-18)34(30,31)25-14-5-6-15-25/h3-4,7-12,17H,5-6,13-16H2,1-2H3,(H,24,27). The van der Waals surface area contributed by atoms with Crippen LogP contribution in [-0.2, 0) is 24.8 Å². The molecule has 0 saturated carbocycles. The first kappa shape index (κ1) is 25.9. The number of hydrogen-bond donors (Lipinski definition) is 1. The molecular formula is C22H28FN3O6S2. The van der Waals surface area contributed by atoms with Gasteiger partial charge in [0.15, 0.2) is 0 Å². The van der Waals surface area contributed by atoms with E-state index in [4.69, 9.17) is 4.74 Å². The van der Waals surface area contributed by atoms with Gasteiger partial charge in [0.2, 0.25) is 26.0 Å². The van der Waals surface area contributed by atoms with Gasteiger partial charge < -0.3 is 10.1 Å². The van der Waals surface area contributed by atoms with E-state index in [-0.39, 0.29) is 23.7 Å². The fraction of sp³-hybridized carbons (Fsp3) is 0.409. The number of carbonyl (C=O) groups is 1. The van der Waals surface area contributed by atoms with E-state index in [0.717, 1.165) is 29.5 Å². The van der Waals surface area contributed by atoms with E-state index in [0.29, 0.717) is 18.8 Å². The molecule has 1 unspecified atom stereocenters. The second kappa shape index (κ2) is 10.7. The predicted molar refractivity (Wildman–Crippen MR) is 126 cm³/mol. The maximum atomic E-state index is 14.2. The summed E-state index contributed by atoms with van der Waals surface area (Å²) in [6, 6.07) is 10.1. The summed E-state index contributed by atoms with van der Waals surface area (Å²) >= 11 is 0. The Hall–Kier alpha value is -2.70. The maximum Gasteiger partial charge on any atom is 0.243 e. The molecule has 34 heavy (non-hydrogen) atoms. The fourth-order valence-electron chi connectivity index (χ4n) is 3.69. The average molecular weight is 514 g/mol. The zero-order valence-electron chi connectivity index (χ0n) is 19.0. The lowest BCUT2D eigenvalue weighted by Gasteiger charge is -2.28. The predicted octanol–water partition coefficient (Wildman–Crippen LogP) is 1.96. The average Bonchev–Trinajstić information content (AvgIpc) is 3.33. The van der Waals surface area contributed by atoms with E-state index >= 15 is 0 Å². The van der Waals surface area contributed by atoms with E-state index in [2.05, 4.69) is 5.32 Å². The third-order valence-electron chi connectivity index (χ3n) is 5.37. The van der Waals surface area contributed by atoms with Crippen LogP contribution in [0.4, 0.5) is 10.1 Å². The molecule has 12 heteroatoms. The van der Waals surface area contributed by atoms with Gasteiger partial charge in [-0.05, 0) is 56.2 Å². The summed E-state index contributed by atoms with van der Waals surface area (Å²) < 4.78 is 71.5. The molecule has 1 heterocycles. The summed E-state index contributed by atoms with van der Waals surface area (Å²) in [7, 11) is -7.44. The van der Waals surface area contributed by atoms with Gasteiger partial charge in [0.05, 0.1) is 23.4 Å². The molecule has 0 radical (unpaired) electrons. The summed E-state index contributed by atoms with van der Waals surface area (Å²) in [4.78, 5) is 12.7. The van der Waals surface area contributed by atoms with Gasteiger partial charge in [-0.2, -0.15) is 4.31 Å². The van der Waals surface area contributed by atoms with Crippen molar-refractivity contribution in [3.63, 3.8) is 0 Å². The summed E-state index contributed by atoms with van der Waals surface area (Å²) in [5, 5.41) is 2.57. The molecule has 0 aliphatic carbocycles. The lowest BCUT2D eigenvalue weighted by Crippen LogP contribution is -2.48. The maximum absolute atomic E-state index is 14.2. The summed E-state index contributed by atoms with van der Waals surface area (Å²) in [5.74, 6) is -0.956. The number of nitrogens with one attached hydrogen (secondary N) is 1. The van der Waals surface area contributed by atoms with E-state index < -0.39 is 37.8 Å². The van der Waals surface area contributed by atoms with E-state index in [1.165, 1.54) is 53.7 Å². The van der Waals surface area contributed by atoms with Gasteiger partial charge in [-0.3, -0.25) is 9.10 Å². The second-order valence-corrected chi connectivity index (χ2v) is 11.7. The molecule has 0 aromatic heterocycles. The van der Waals surface area contributed by atoms with Gasteiger partial charge in [-0.15, -0.1) is 0 Å². The monoisotopic (exact) mass is 513 g/mol. The van der Waals surface area contributed by atoms with Crippen molar-refractivity contribution in [3.8, 4) is 5.75 Å². The Morgan fingerprint density at radius 2 is 1.71 bits per heavy atom. The van der Waals surface area contributed by atoms with Crippen LogP contribution in [0.15, 0.2) is 53.4 Å². The molecule has 1 amide bonds. The van der Waals surface area contributed by atoms with Crippen molar-refractivity contribution in [2.24, 2.45) is 0 Å². The van der Waals surface area contributed by atoms with Gasteiger partial charge in [0, 0.05) is 13.1 Å². The molecule has 3 rings (SSSR count). The number of hydrogen-bond acceptors (Lipinski definition) is 6. The summed E-state index contributed by atoms with van der Waals surface area (Å²) in [6.07, 6.45) is 2.61. The molecule has 1 saturated heterocycles. The van der Waals surface area contributed by atoms with Crippen molar-refractivity contribution in [3.05, 3.63) is 54.3 Å². The van der Waals surface area contributed by atoms with Crippen LogP contribution in [0.3, 0.4) is 0 Å². The van der Waals surface area contributed by atoms with Crippen LogP contribution in [0.1, 0.15) is 19.8 Å². The van der Waals surface area contributed by atoms with Gasteiger partial charge in [-0.25, -0.2) is 21.2 Å². The highest BCUT2D eigenvalue weighted by molar-refractivity contribution is 7.92. The molecule has 2 aromatic carbocycles. The number of anilines is 1. The van der Waals surface area contributed by atoms with E-state index in [1.807, 2.05) is 0 Å². The smallest absolute Gasteiger partial charge is 0.243 e. The van der Waals surface area contributed by atoms with Crippen LogP contribution in [-0.4, -0.2) is 65.6 Å². The molecule has 0 bridgehead atoms. The first-order valence-corrected chi connectivity index (χ1v) is 14.1. The Kier molecular flexibility index (Phi) is 8.16. The highest BCUT2D eigenvalue weighted by Crippen LogP contribution is 2.24. The molecular weight excluding hydrogens is 485 g/mol. The van der Waals surface area contributed by atoms with E-state index in [1.54, 1.807) is 0 Å². The topological polar surface area (TPSA) is 113 Å². The van der Waals surface area contributed by atoms with Crippen LogP contribution in [0.2, 0.25) is 0 Å². The fourth-order valence-corrected chi connectivity index (χ4v) is 6.38. The highest BCUT2D eigenvalue weighted by atomic mass is 32.2. The van der Waals surface area contributed by atoms with Crippen LogP contribution in [0.5, 0.6) is 5.75 Å². The minimum Gasteiger partial charge on any atom is -0.492 e. The zero-order valence-corrected chi connectivity index (χ0v) is 20.6. The van der Waals surface area contributed by atoms with Gasteiger partial charge in [0.1, 0.15) is 24.2 Å². The van der Waals surface area contributed by atoms with Crippen LogP contribution >= 0.6 is 0 Å². The molecule has 0 spiro atoms. The highest BCUT2D eigenvalue weighted by Gasteiger charge is 2.31. The molecule has 1 fully saturated rings. The number of amides is 1. The Labute approximate surface area is 199 Å². The number of ether oxygens (including phenoxy) is 1. The Morgan fingerprint density at radius 3 is 2.29 bits per heavy atom. The third kappa shape index (κ3) is 6.05. The Bertz CT molecular complexity index is 1210. The molecule has 1 aliphatic heterocycles. The molecule has 1 aliphatic rings. The Morgan fingerprint density at radius 1 is 1.09 bits per heavy atom. The lowest BCUT2D eigenvalue weighted by atomic mass is 10.2. The van der Waals surface area contributed by atoms with Crippen LogP contribution in [0, 0.1) is 5.82 Å². The Balaban J connectivity index is 1.55. The van der Waals surface area contributed by atoms with Crippen LogP contribution in [0.25, 0.3) is 0 Å². The minimum atomic E-state index is -3.93. The number of halogens is 1. The SMILES string of the molecule is CC(C(=O)NCCOc1ccc(S(=O)(=O)N2CCCC2)cc1)N(c1ccccc1F)S(C)(=O)=O.